The molecular weight excluding hydrogens is 320 g/mol. The van der Waals surface area contributed by atoms with E-state index < -0.39 is 5.66 Å². The molecule has 7 heteroatoms. The Balaban J connectivity index is 2.04. The van der Waals surface area contributed by atoms with E-state index in [0.29, 0.717) is 31.5 Å². The van der Waals surface area contributed by atoms with Crippen LogP contribution in [0.5, 0.6) is 0 Å². The molecule has 0 radical (unpaired) electrons. The van der Waals surface area contributed by atoms with Crippen molar-refractivity contribution >= 4 is 23.4 Å². The summed E-state index contributed by atoms with van der Waals surface area (Å²) in [4.78, 5) is 42.3. The highest BCUT2D eigenvalue weighted by molar-refractivity contribution is 6.03. The molecule has 1 saturated heterocycles. The fraction of sp³-hybridized carbons (Fsp3) is 0.500. The smallest absolute Gasteiger partial charge is 0.257 e. The summed E-state index contributed by atoms with van der Waals surface area (Å²) in [5.74, 6) is -0.108. The van der Waals surface area contributed by atoms with Crippen molar-refractivity contribution in [2.75, 3.05) is 38.6 Å². The molecule has 2 aliphatic rings. The molecule has 7 nitrogen and oxygen atoms in total. The Hall–Kier alpha value is -2.57. The van der Waals surface area contributed by atoms with E-state index >= 15 is 0 Å². The minimum absolute atomic E-state index is 0.0397. The number of carbonyl (C=O) groups excluding carboxylic acids is 3. The maximum absolute atomic E-state index is 12.9. The molecular formula is C18H24N4O3. The molecule has 1 aromatic carbocycles. The largest absolute Gasteiger partial charge is 0.358 e. The van der Waals surface area contributed by atoms with E-state index in [9.17, 15) is 14.4 Å². The topological polar surface area (TPSA) is 73.0 Å². The molecule has 3 amide bonds. The summed E-state index contributed by atoms with van der Waals surface area (Å²) in [5.41, 5.74) is 0.795. The van der Waals surface area contributed by atoms with Crippen molar-refractivity contribution in [3.8, 4) is 0 Å². The summed E-state index contributed by atoms with van der Waals surface area (Å²) in [7, 11) is 3.40. The number of carbonyl (C=O) groups is 3. The lowest BCUT2D eigenvalue weighted by atomic mass is 9.88. The van der Waals surface area contributed by atoms with Gasteiger partial charge in [-0.2, -0.15) is 0 Å². The van der Waals surface area contributed by atoms with Gasteiger partial charge >= 0.3 is 0 Å². The Morgan fingerprint density at radius 1 is 1.20 bits per heavy atom. The Bertz CT molecular complexity index is 710. The van der Waals surface area contributed by atoms with E-state index in [1.165, 1.54) is 0 Å². The maximum Gasteiger partial charge on any atom is 0.257 e. The molecule has 0 bridgehead atoms. The van der Waals surface area contributed by atoms with Crippen LogP contribution in [0.3, 0.4) is 0 Å². The first-order valence-electron chi connectivity index (χ1n) is 8.51. The highest BCUT2D eigenvalue weighted by Crippen LogP contribution is 2.41. The minimum atomic E-state index is -0.593. The number of hydrogen-bond donors (Lipinski definition) is 1. The molecule has 134 valence electrons. The van der Waals surface area contributed by atoms with E-state index in [-0.39, 0.29) is 24.3 Å². The Morgan fingerprint density at radius 2 is 1.84 bits per heavy atom. The van der Waals surface area contributed by atoms with Gasteiger partial charge in [-0.25, -0.2) is 0 Å². The van der Waals surface area contributed by atoms with Gasteiger partial charge in [0.2, 0.25) is 11.8 Å². The summed E-state index contributed by atoms with van der Waals surface area (Å²) in [5, 5.41) is 2.67. The summed E-state index contributed by atoms with van der Waals surface area (Å²) in [6.45, 7) is 2.87. The van der Waals surface area contributed by atoms with Crippen LogP contribution < -0.4 is 10.2 Å². The number of likely N-dealkylation sites (tertiary alicyclic amines) is 1. The molecule has 1 spiro atoms. The molecule has 2 heterocycles. The first-order valence-corrected chi connectivity index (χ1v) is 8.51. The Kier molecular flexibility index (Phi) is 4.41. The van der Waals surface area contributed by atoms with Crippen molar-refractivity contribution in [3.63, 3.8) is 0 Å². The third-order valence-electron chi connectivity index (χ3n) is 5.45. The van der Waals surface area contributed by atoms with Crippen LogP contribution in [-0.2, 0) is 9.59 Å². The third kappa shape index (κ3) is 2.73. The van der Waals surface area contributed by atoms with Crippen molar-refractivity contribution in [2.24, 2.45) is 0 Å². The van der Waals surface area contributed by atoms with Crippen molar-refractivity contribution in [1.29, 1.82) is 0 Å². The van der Waals surface area contributed by atoms with Gasteiger partial charge in [-0.15, -0.1) is 0 Å². The SMILES string of the molecule is CNC(=O)CN1c2ccccc2C(=O)N(C)C12CCN(C(C)=O)CC2. The summed E-state index contributed by atoms with van der Waals surface area (Å²) in [6, 6.07) is 7.40. The third-order valence-corrected chi connectivity index (χ3v) is 5.45. The predicted molar refractivity (Wildman–Crippen MR) is 94.2 cm³/mol. The molecule has 0 aliphatic carbocycles. The molecule has 1 fully saturated rings. The van der Waals surface area contributed by atoms with Crippen LogP contribution in [-0.4, -0.2) is 66.9 Å². The van der Waals surface area contributed by atoms with Gasteiger partial charge in [-0.05, 0) is 12.1 Å². The van der Waals surface area contributed by atoms with Gasteiger partial charge in [0.05, 0.1) is 17.8 Å². The van der Waals surface area contributed by atoms with E-state index in [1.807, 2.05) is 23.1 Å². The number of nitrogens with zero attached hydrogens (tertiary/aromatic N) is 3. The second kappa shape index (κ2) is 6.38. The number of amides is 3. The molecule has 0 saturated carbocycles. The highest BCUT2D eigenvalue weighted by atomic mass is 16.2. The molecule has 2 aliphatic heterocycles. The van der Waals surface area contributed by atoms with Gasteiger partial charge in [0, 0.05) is 47.0 Å². The first-order chi connectivity index (χ1) is 11.9. The van der Waals surface area contributed by atoms with E-state index in [0.717, 1.165) is 5.69 Å². The fourth-order valence-corrected chi connectivity index (χ4v) is 3.90. The number of nitrogens with one attached hydrogen (secondary N) is 1. The molecule has 0 atom stereocenters. The quantitative estimate of drug-likeness (QED) is 0.856. The Morgan fingerprint density at radius 3 is 2.44 bits per heavy atom. The molecule has 25 heavy (non-hydrogen) atoms. The minimum Gasteiger partial charge on any atom is -0.358 e. The van der Waals surface area contributed by atoms with Gasteiger partial charge < -0.3 is 20.0 Å². The van der Waals surface area contributed by atoms with Gasteiger partial charge in [0.1, 0.15) is 5.66 Å². The van der Waals surface area contributed by atoms with Gasteiger partial charge in [0.25, 0.3) is 5.91 Å². The molecule has 3 rings (SSSR count). The van der Waals surface area contributed by atoms with Crippen molar-refractivity contribution in [3.05, 3.63) is 29.8 Å². The monoisotopic (exact) mass is 344 g/mol. The fourth-order valence-electron chi connectivity index (χ4n) is 3.90. The van der Waals surface area contributed by atoms with E-state index in [1.54, 1.807) is 36.9 Å². The normalized spacial score (nSPS) is 19.0. The second-order valence-electron chi connectivity index (χ2n) is 6.63. The zero-order valence-electron chi connectivity index (χ0n) is 14.9. The molecule has 1 N–H and O–H groups in total. The van der Waals surface area contributed by atoms with E-state index in [2.05, 4.69) is 5.32 Å². The van der Waals surface area contributed by atoms with Crippen LogP contribution in [0.2, 0.25) is 0 Å². The van der Waals surface area contributed by atoms with Gasteiger partial charge in [-0.1, -0.05) is 12.1 Å². The average Bonchev–Trinajstić information content (AvgIpc) is 2.63. The van der Waals surface area contributed by atoms with Crippen LogP contribution >= 0.6 is 0 Å². The average molecular weight is 344 g/mol. The van der Waals surface area contributed by atoms with Gasteiger partial charge in [0.15, 0.2) is 0 Å². The van der Waals surface area contributed by atoms with Gasteiger partial charge in [-0.3, -0.25) is 14.4 Å². The zero-order valence-corrected chi connectivity index (χ0v) is 14.9. The number of piperidine rings is 1. The van der Waals surface area contributed by atoms with Crippen molar-refractivity contribution < 1.29 is 14.4 Å². The van der Waals surface area contributed by atoms with E-state index in [4.69, 9.17) is 0 Å². The maximum atomic E-state index is 12.9. The lowest BCUT2D eigenvalue weighted by molar-refractivity contribution is -0.131. The van der Waals surface area contributed by atoms with Crippen molar-refractivity contribution in [2.45, 2.75) is 25.4 Å². The summed E-state index contributed by atoms with van der Waals surface area (Å²) < 4.78 is 0. The van der Waals surface area contributed by atoms with Crippen LogP contribution in [0.1, 0.15) is 30.1 Å². The lowest BCUT2D eigenvalue weighted by Crippen LogP contribution is -2.69. The first kappa shape index (κ1) is 17.3. The number of anilines is 1. The number of likely N-dealkylation sites (N-methyl/N-ethyl adjacent to an activating group) is 1. The van der Waals surface area contributed by atoms with Crippen LogP contribution in [0.15, 0.2) is 24.3 Å². The lowest BCUT2D eigenvalue weighted by Gasteiger charge is -2.56. The summed E-state index contributed by atoms with van der Waals surface area (Å²) in [6.07, 6.45) is 1.22. The number of rotatable bonds is 2. The number of para-hydroxylation sites is 1. The number of hydrogen-bond acceptors (Lipinski definition) is 4. The van der Waals surface area contributed by atoms with Crippen molar-refractivity contribution in [1.82, 2.24) is 15.1 Å². The second-order valence-corrected chi connectivity index (χ2v) is 6.63. The van der Waals surface area contributed by atoms with Crippen LogP contribution in [0, 0.1) is 0 Å². The van der Waals surface area contributed by atoms with Crippen LogP contribution in [0.25, 0.3) is 0 Å². The summed E-state index contributed by atoms with van der Waals surface area (Å²) >= 11 is 0. The van der Waals surface area contributed by atoms with Crippen LogP contribution in [0.4, 0.5) is 5.69 Å². The number of benzene rings is 1. The molecule has 1 aromatic rings. The standard InChI is InChI=1S/C18H24N4O3/c1-13(23)21-10-8-18(9-11-21)20(3)17(25)14-6-4-5-7-15(14)22(18)12-16(24)19-2/h4-7H,8-12H2,1-3H3,(H,19,24). The zero-order chi connectivity index (χ0) is 18.2. The highest BCUT2D eigenvalue weighted by Gasteiger charge is 2.50. The predicted octanol–water partition coefficient (Wildman–Crippen LogP) is 0.663. The molecule has 0 unspecified atom stereocenters. The number of fused-ring (bicyclic) bond motifs is 1. The molecule has 0 aromatic heterocycles. The Labute approximate surface area is 147 Å².